The molecule has 0 unspecified atom stereocenters. The van der Waals surface area contributed by atoms with E-state index in [1.807, 2.05) is 0 Å². The molecule has 0 aliphatic rings. The normalized spacial score (nSPS) is 10.0. The van der Waals surface area contributed by atoms with Crippen LogP contribution in [0.1, 0.15) is 0 Å². The molecule has 76 valence electrons. The number of anilines is 1. The third-order valence-electron chi connectivity index (χ3n) is 1.41. The molecule has 0 saturated carbocycles. The van der Waals surface area contributed by atoms with Crippen LogP contribution in [0.25, 0.3) is 0 Å². The first-order chi connectivity index (χ1) is 6.54. The van der Waals surface area contributed by atoms with Crippen LogP contribution in [0.2, 0.25) is 15.1 Å². The van der Waals surface area contributed by atoms with Gasteiger partial charge in [-0.2, -0.15) is 0 Å². The maximum absolute atomic E-state index is 11.9. The molecule has 1 aromatic carbocycles. The summed E-state index contributed by atoms with van der Waals surface area (Å²) in [4.78, 5) is 10.7. The largest absolute Gasteiger partial charge is 0.322 e. The summed E-state index contributed by atoms with van der Waals surface area (Å²) in [5.41, 5.74) is 0.240. The summed E-state index contributed by atoms with van der Waals surface area (Å²) < 4.78 is 11.9. The maximum atomic E-state index is 11.9. The third-order valence-corrected chi connectivity index (χ3v) is 2.44. The van der Waals surface area contributed by atoms with Gasteiger partial charge in [-0.1, -0.05) is 34.8 Å². The molecule has 0 saturated heterocycles. The van der Waals surface area contributed by atoms with E-state index in [0.29, 0.717) is 0 Å². The standard InChI is InChI=1S/C8H5Cl3FNO/c9-4-1-6(11)7(2-5(4)10)13-8(14)3-12/h1-2H,3H2,(H,13,14). The van der Waals surface area contributed by atoms with E-state index in [2.05, 4.69) is 5.32 Å². The Kier molecular flexibility index (Phi) is 3.98. The van der Waals surface area contributed by atoms with Crippen molar-refractivity contribution in [2.24, 2.45) is 0 Å². The van der Waals surface area contributed by atoms with Crippen LogP contribution in [0.4, 0.5) is 10.1 Å². The number of rotatable bonds is 2. The van der Waals surface area contributed by atoms with Crippen molar-refractivity contribution < 1.29 is 9.18 Å². The molecule has 6 heteroatoms. The number of amides is 1. The second kappa shape index (κ2) is 4.82. The monoisotopic (exact) mass is 255 g/mol. The second-order valence-electron chi connectivity index (χ2n) is 2.43. The number of nitrogens with one attached hydrogen (secondary N) is 1. The van der Waals surface area contributed by atoms with Crippen LogP contribution < -0.4 is 5.32 Å². The number of benzene rings is 1. The minimum atomic E-state index is -1.11. The molecule has 0 fully saturated rings. The van der Waals surface area contributed by atoms with Crippen molar-refractivity contribution in [3.8, 4) is 0 Å². The molecule has 1 N–H and O–H groups in total. The molecule has 0 spiro atoms. The summed E-state index contributed by atoms with van der Waals surface area (Å²) in [6.07, 6.45) is 0. The van der Waals surface area contributed by atoms with Gasteiger partial charge in [-0.15, -0.1) is 0 Å². The minimum Gasteiger partial charge on any atom is -0.322 e. The van der Waals surface area contributed by atoms with Crippen LogP contribution >= 0.6 is 34.8 Å². The lowest BCUT2D eigenvalue weighted by Gasteiger charge is -2.06. The van der Waals surface area contributed by atoms with Crippen molar-refractivity contribution in [3.63, 3.8) is 0 Å². The second-order valence-corrected chi connectivity index (χ2v) is 3.65. The highest BCUT2D eigenvalue weighted by Gasteiger charge is 2.08. The van der Waals surface area contributed by atoms with Crippen LogP contribution in [-0.2, 0) is 4.79 Å². The zero-order valence-electron chi connectivity index (χ0n) is 6.78. The Morgan fingerprint density at radius 1 is 1.21 bits per heavy atom. The van der Waals surface area contributed by atoms with Crippen LogP contribution in [0.5, 0.6) is 0 Å². The number of alkyl halides is 1. The van der Waals surface area contributed by atoms with Crippen LogP contribution in [0, 0.1) is 0 Å². The quantitative estimate of drug-likeness (QED) is 0.806. The van der Waals surface area contributed by atoms with Gasteiger partial charge in [-0.3, -0.25) is 4.79 Å². The third kappa shape index (κ3) is 2.74. The van der Waals surface area contributed by atoms with Crippen LogP contribution in [0.3, 0.4) is 0 Å². The van der Waals surface area contributed by atoms with Crippen molar-refractivity contribution in [2.45, 2.75) is 0 Å². The Labute approximate surface area is 94.9 Å². The van der Waals surface area contributed by atoms with E-state index < -0.39 is 12.6 Å². The van der Waals surface area contributed by atoms with Crippen molar-refractivity contribution in [1.29, 1.82) is 0 Å². The summed E-state index contributed by atoms with van der Waals surface area (Å²) in [7, 11) is 0. The first kappa shape index (κ1) is 11.6. The molecule has 0 bridgehead atoms. The highest BCUT2D eigenvalue weighted by atomic mass is 35.5. The Morgan fingerprint density at radius 2 is 1.79 bits per heavy atom. The molecule has 14 heavy (non-hydrogen) atoms. The van der Waals surface area contributed by atoms with E-state index in [4.69, 9.17) is 34.8 Å². The summed E-state index contributed by atoms with van der Waals surface area (Å²) in [5, 5.41) is 2.96. The van der Waals surface area contributed by atoms with E-state index in [1.165, 1.54) is 12.1 Å². The van der Waals surface area contributed by atoms with Gasteiger partial charge in [0.2, 0.25) is 0 Å². The number of carbonyl (C=O) groups is 1. The lowest BCUT2D eigenvalue weighted by molar-refractivity contribution is -0.117. The van der Waals surface area contributed by atoms with Gasteiger partial charge >= 0.3 is 0 Å². The maximum Gasteiger partial charge on any atom is 0.255 e. The van der Waals surface area contributed by atoms with Gasteiger partial charge in [0.1, 0.15) is 0 Å². The lowest BCUT2D eigenvalue weighted by atomic mass is 10.3. The number of hydrogen-bond acceptors (Lipinski definition) is 1. The fraction of sp³-hybridized carbons (Fsp3) is 0.125. The molecule has 1 aromatic rings. The SMILES string of the molecule is O=C(CF)Nc1cc(Cl)c(Cl)cc1Cl. The van der Waals surface area contributed by atoms with E-state index in [1.54, 1.807) is 0 Å². The first-order valence-electron chi connectivity index (χ1n) is 3.55. The predicted molar refractivity (Wildman–Crippen MR) is 56.1 cm³/mol. The molecule has 1 rings (SSSR count). The van der Waals surface area contributed by atoms with E-state index in [0.717, 1.165) is 0 Å². The zero-order chi connectivity index (χ0) is 10.7. The molecule has 1 amide bonds. The fourth-order valence-electron chi connectivity index (χ4n) is 0.802. The molecule has 0 aromatic heterocycles. The highest BCUT2D eigenvalue weighted by Crippen LogP contribution is 2.32. The van der Waals surface area contributed by atoms with Gasteiger partial charge in [0.25, 0.3) is 5.91 Å². The number of hydrogen-bond donors (Lipinski definition) is 1. The molecular formula is C8H5Cl3FNO. The Hall–Kier alpha value is -0.510. The van der Waals surface area contributed by atoms with Gasteiger partial charge in [0, 0.05) is 0 Å². The lowest BCUT2D eigenvalue weighted by Crippen LogP contribution is -2.13. The van der Waals surface area contributed by atoms with E-state index in [9.17, 15) is 9.18 Å². The van der Waals surface area contributed by atoms with Crippen molar-refractivity contribution in [3.05, 3.63) is 27.2 Å². The van der Waals surface area contributed by atoms with Gasteiger partial charge in [-0.25, -0.2) is 4.39 Å². The molecule has 2 nitrogen and oxygen atoms in total. The van der Waals surface area contributed by atoms with Gasteiger partial charge in [-0.05, 0) is 12.1 Å². The average molecular weight is 256 g/mol. The fourth-order valence-corrected chi connectivity index (χ4v) is 1.40. The van der Waals surface area contributed by atoms with Gasteiger partial charge < -0.3 is 5.32 Å². The first-order valence-corrected chi connectivity index (χ1v) is 4.68. The number of carbonyl (C=O) groups excluding carboxylic acids is 1. The summed E-state index contributed by atoms with van der Waals surface area (Å²) in [6, 6.07) is 2.74. The topological polar surface area (TPSA) is 29.1 Å². The molecule has 0 atom stereocenters. The Morgan fingerprint density at radius 3 is 2.36 bits per heavy atom. The zero-order valence-corrected chi connectivity index (χ0v) is 9.05. The summed E-state index contributed by atoms with van der Waals surface area (Å²) in [6.45, 7) is -1.11. The molecular weight excluding hydrogens is 251 g/mol. The molecule has 0 heterocycles. The van der Waals surface area contributed by atoms with Crippen molar-refractivity contribution in [1.82, 2.24) is 0 Å². The Balaban J connectivity index is 2.98. The van der Waals surface area contributed by atoms with Crippen molar-refractivity contribution >= 4 is 46.4 Å². The smallest absolute Gasteiger partial charge is 0.255 e. The Bertz CT molecular complexity index is 370. The van der Waals surface area contributed by atoms with E-state index in [-0.39, 0.29) is 20.8 Å². The van der Waals surface area contributed by atoms with Crippen LogP contribution in [0.15, 0.2) is 12.1 Å². The van der Waals surface area contributed by atoms with Crippen LogP contribution in [-0.4, -0.2) is 12.6 Å². The average Bonchev–Trinajstić information content (AvgIpc) is 2.14. The summed E-state index contributed by atoms with van der Waals surface area (Å²) in [5.74, 6) is -0.787. The molecule has 0 aliphatic carbocycles. The van der Waals surface area contributed by atoms with E-state index >= 15 is 0 Å². The molecule has 0 radical (unpaired) electrons. The van der Waals surface area contributed by atoms with Crippen molar-refractivity contribution in [2.75, 3.05) is 12.0 Å². The summed E-state index contributed by atoms with van der Waals surface area (Å²) >= 11 is 17.1. The number of halogens is 4. The van der Waals surface area contributed by atoms with Gasteiger partial charge in [0.15, 0.2) is 6.67 Å². The molecule has 0 aliphatic heterocycles. The predicted octanol–water partition coefficient (Wildman–Crippen LogP) is 3.55. The highest BCUT2D eigenvalue weighted by molar-refractivity contribution is 6.44. The minimum absolute atomic E-state index is 0.209. The van der Waals surface area contributed by atoms with Gasteiger partial charge in [0.05, 0.1) is 20.8 Å².